The molecule has 7 nitrogen and oxygen atoms in total. The van der Waals surface area contributed by atoms with Gasteiger partial charge in [0.15, 0.2) is 0 Å². The molecule has 0 saturated carbocycles. The molecule has 2 heterocycles. The third-order valence-corrected chi connectivity index (χ3v) is 5.12. The largest absolute Gasteiger partial charge is 0.489 e. The summed E-state index contributed by atoms with van der Waals surface area (Å²) in [5, 5.41) is 11.8. The quantitative estimate of drug-likeness (QED) is 0.314. The highest BCUT2D eigenvalue weighted by Gasteiger charge is 2.11. The standard InChI is InChI=1S/C24H20ClN5O2/c1-16(17-10-12-26-13-11-17)27-30-24(31)23-14-22(28-29-23)18-6-8-20(9-7-18)32-15-19-4-2-3-5-21(19)25/h2-14H,15H2,1H3,(H,28,29)(H,30,31)/b27-16+. The minimum Gasteiger partial charge on any atom is -0.489 e. The van der Waals surface area contributed by atoms with Crippen molar-refractivity contribution in [2.45, 2.75) is 13.5 Å². The topological polar surface area (TPSA) is 92.3 Å². The zero-order valence-electron chi connectivity index (χ0n) is 17.2. The molecule has 4 aromatic rings. The van der Waals surface area contributed by atoms with Crippen molar-refractivity contribution >= 4 is 23.2 Å². The molecule has 2 aromatic heterocycles. The van der Waals surface area contributed by atoms with Crippen LogP contribution in [0.2, 0.25) is 5.02 Å². The number of aromatic amines is 1. The number of halogens is 1. The molecule has 0 unspecified atom stereocenters. The fourth-order valence-corrected chi connectivity index (χ4v) is 3.13. The molecule has 32 heavy (non-hydrogen) atoms. The van der Waals surface area contributed by atoms with Crippen LogP contribution in [0.15, 0.2) is 84.2 Å². The lowest BCUT2D eigenvalue weighted by molar-refractivity contribution is 0.0950. The van der Waals surface area contributed by atoms with E-state index in [9.17, 15) is 4.79 Å². The van der Waals surface area contributed by atoms with Crippen molar-refractivity contribution in [1.29, 1.82) is 0 Å². The molecular formula is C24H20ClN5O2. The van der Waals surface area contributed by atoms with Crippen LogP contribution in [0.5, 0.6) is 5.75 Å². The van der Waals surface area contributed by atoms with Crippen molar-refractivity contribution < 1.29 is 9.53 Å². The Morgan fingerprint density at radius 2 is 1.84 bits per heavy atom. The Morgan fingerprint density at radius 1 is 1.09 bits per heavy atom. The Labute approximate surface area is 190 Å². The summed E-state index contributed by atoms with van der Waals surface area (Å²) in [5.74, 6) is 0.333. The number of hydrogen-bond acceptors (Lipinski definition) is 5. The molecule has 1 amide bonds. The number of nitrogens with one attached hydrogen (secondary N) is 2. The van der Waals surface area contributed by atoms with E-state index in [1.54, 1.807) is 18.5 Å². The second kappa shape index (κ2) is 9.89. The van der Waals surface area contributed by atoms with Gasteiger partial charge >= 0.3 is 0 Å². The Bertz CT molecular complexity index is 1240. The molecule has 4 rings (SSSR count). The van der Waals surface area contributed by atoms with Crippen molar-refractivity contribution in [3.05, 3.63) is 101 Å². The monoisotopic (exact) mass is 445 g/mol. The van der Waals surface area contributed by atoms with Crippen LogP contribution < -0.4 is 10.2 Å². The van der Waals surface area contributed by atoms with Crippen LogP contribution in [-0.4, -0.2) is 26.8 Å². The molecule has 0 radical (unpaired) electrons. The highest BCUT2D eigenvalue weighted by Crippen LogP contribution is 2.23. The number of aromatic nitrogens is 3. The number of benzene rings is 2. The van der Waals surface area contributed by atoms with E-state index in [0.29, 0.717) is 34.5 Å². The van der Waals surface area contributed by atoms with Crippen molar-refractivity contribution in [3.63, 3.8) is 0 Å². The van der Waals surface area contributed by atoms with E-state index < -0.39 is 0 Å². The second-order valence-corrected chi connectivity index (χ2v) is 7.35. The Hall–Kier alpha value is -3.97. The molecule has 0 fully saturated rings. The van der Waals surface area contributed by atoms with E-state index in [0.717, 1.165) is 16.7 Å². The first-order chi connectivity index (χ1) is 15.6. The SMILES string of the molecule is C/C(=N\NC(=O)c1cc(-c2ccc(OCc3ccccc3Cl)cc2)n[nH]1)c1ccncc1. The minimum atomic E-state index is -0.378. The van der Waals surface area contributed by atoms with Gasteiger partial charge in [-0.1, -0.05) is 29.8 Å². The van der Waals surface area contributed by atoms with E-state index in [1.165, 1.54) is 0 Å². The van der Waals surface area contributed by atoms with Gasteiger partial charge in [-0.2, -0.15) is 10.2 Å². The fourth-order valence-electron chi connectivity index (χ4n) is 2.94. The van der Waals surface area contributed by atoms with Crippen LogP contribution in [0.4, 0.5) is 0 Å². The minimum absolute atomic E-state index is 0.310. The average molecular weight is 446 g/mol. The number of rotatable bonds is 7. The van der Waals surface area contributed by atoms with Gasteiger partial charge in [-0.15, -0.1) is 0 Å². The predicted octanol–water partition coefficient (Wildman–Crippen LogP) is 4.86. The summed E-state index contributed by atoms with van der Waals surface area (Å²) in [6, 6.07) is 20.3. The van der Waals surface area contributed by atoms with Gasteiger partial charge in [-0.25, -0.2) is 5.43 Å². The molecular weight excluding hydrogens is 426 g/mol. The first-order valence-corrected chi connectivity index (χ1v) is 10.2. The van der Waals surface area contributed by atoms with Gasteiger partial charge in [-0.05, 0) is 55.5 Å². The zero-order chi connectivity index (χ0) is 22.3. The van der Waals surface area contributed by atoms with E-state index in [2.05, 4.69) is 25.7 Å². The smallest absolute Gasteiger partial charge is 0.289 e. The molecule has 8 heteroatoms. The average Bonchev–Trinajstić information content (AvgIpc) is 3.33. The van der Waals surface area contributed by atoms with Gasteiger partial charge in [0.2, 0.25) is 0 Å². The summed E-state index contributed by atoms with van der Waals surface area (Å²) in [4.78, 5) is 16.4. The highest BCUT2D eigenvalue weighted by atomic mass is 35.5. The lowest BCUT2D eigenvalue weighted by atomic mass is 10.1. The molecule has 0 bridgehead atoms. The number of nitrogens with zero attached hydrogens (tertiary/aromatic N) is 3. The van der Waals surface area contributed by atoms with Gasteiger partial charge in [0.05, 0.1) is 11.4 Å². The van der Waals surface area contributed by atoms with Gasteiger partial charge in [0.1, 0.15) is 18.1 Å². The predicted molar refractivity (Wildman–Crippen MR) is 124 cm³/mol. The van der Waals surface area contributed by atoms with Crippen molar-refractivity contribution in [3.8, 4) is 17.0 Å². The van der Waals surface area contributed by atoms with Crippen LogP contribution in [0.3, 0.4) is 0 Å². The number of carbonyl (C=O) groups excluding carboxylic acids is 1. The lowest BCUT2D eigenvalue weighted by Crippen LogP contribution is -2.19. The van der Waals surface area contributed by atoms with Gasteiger partial charge < -0.3 is 4.74 Å². The summed E-state index contributed by atoms with van der Waals surface area (Å²) in [6.45, 7) is 2.19. The molecule has 0 saturated heterocycles. The number of carbonyl (C=O) groups is 1. The first kappa shape index (κ1) is 21.3. The van der Waals surface area contributed by atoms with Crippen molar-refractivity contribution in [2.75, 3.05) is 0 Å². The number of pyridine rings is 1. The van der Waals surface area contributed by atoms with Crippen LogP contribution in [0.1, 0.15) is 28.5 Å². The van der Waals surface area contributed by atoms with Gasteiger partial charge in [0, 0.05) is 34.1 Å². The third-order valence-electron chi connectivity index (χ3n) is 4.75. The molecule has 160 valence electrons. The van der Waals surface area contributed by atoms with Gasteiger partial charge in [-0.3, -0.25) is 14.9 Å². The maximum Gasteiger partial charge on any atom is 0.289 e. The van der Waals surface area contributed by atoms with Crippen LogP contribution in [0.25, 0.3) is 11.3 Å². The van der Waals surface area contributed by atoms with E-state index in [-0.39, 0.29) is 5.91 Å². The molecule has 0 aliphatic heterocycles. The third kappa shape index (κ3) is 5.19. The van der Waals surface area contributed by atoms with Crippen LogP contribution in [-0.2, 0) is 6.61 Å². The summed E-state index contributed by atoms with van der Waals surface area (Å²) in [7, 11) is 0. The molecule has 0 aliphatic rings. The summed E-state index contributed by atoms with van der Waals surface area (Å²) >= 11 is 6.16. The Kier molecular flexibility index (Phi) is 6.57. The van der Waals surface area contributed by atoms with Crippen LogP contribution >= 0.6 is 11.6 Å². The maximum absolute atomic E-state index is 12.4. The second-order valence-electron chi connectivity index (χ2n) is 6.95. The molecule has 2 aromatic carbocycles. The van der Waals surface area contributed by atoms with E-state index in [1.807, 2.05) is 67.6 Å². The number of ether oxygens (including phenoxy) is 1. The molecule has 0 spiro atoms. The van der Waals surface area contributed by atoms with Crippen molar-refractivity contribution in [2.24, 2.45) is 5.10 Å². The molecule has 0 atom stereocenters. The first-order valence-electron chi connectivity index (χ1n) is 9.87. The zero-order valence-corrected chi connectivity index (χ0v) is 18.0. The van der Waals surface area contributed by atoms with Gasteiger partial charge in [0.25, 0.3) is 5.91 Å². The summed E-state index contributed by atoms with van der Waals surface area (Å²) in [5.41, 5.74) is 6.81. The lowest BCUT2D eigenvalue weighted by Gasteiger charge is -2.08. The number of hydrazone groups is 1. The maximum atomic E-state index is 12.4. The fraction of sp³-hybridized carbons (Fsp3) is 0.0833. The highest BCUT2D eigenvalue weighted by molar-refractivity contribution is 6.31. The molecule has 2 N–H and O–H groups in total. The number of H-pyrrole nitrogens is 1. The normalized spacial score (nSPS) is 11.2. The summed E-state index contributed by atoms with van der Waals surface area (Å²) < 4.78 is 5.80. The Balaban J connectivity index is 1.37. The number of amides is 1. The summed E-state index contributed by atoms with van der Waals surface area (Å²) in [6.07, 6.45) is 3.34. The number of hydrogen-bond donors (Lipinski definition) is 2. The van der Waals surface area contributed by atoms with Crippen LogP contribution in [0, 0.1) is 0 Å². The Morgan fingerprint density at radius 3 is 2.59 bits per heavy atom. The van der Waals surface area contributed by atoms with Crippen molar-refractivity contribution in [1.82, 2.24) is 20.6 Å². The van der Waals surface area contributed by atoms with E-state index >= 15 is 0 Å². The van der Waals surface area contributed by atoms with E-state index in [4.69, 9.17) is 16.3 Å². The molecule has 0 aliphatic carbocycles.